The van der Waals surface area contributed by atoms with Crippen LogP contribution in [0.3, 0.4) is 0 Å². The van der Waals surface area contributed by atoms with Crippen LogP contribution in [0.15, 0.2) is 47.0 Å². The number of hydrogen-bond acceptors (Lipinski definition) is 4. The maximum Gasteiger partial charge on any atom is 0.279 e. The number of carbonyl (C=O) groups excluding carboxylic acids is 1. The summed E-state index contributed by atoms with van der Waals surface area (Å²) in [4.78, 5) is 12.6. The summed E-state index contributed by atoms with van der Waals surface area (Å²) < 4.78 is 7.25. The number of aromatic nitrogens is 3. The van der Waals surface area contributed by atoms with Crippen molar-refractivity contribution in [3.05, 3.63) is 53.9 Å². The molecular weight excluding hydrogens is 316 g/mol. The fraction of sp³-hybridized carbons (Fsp3) is 0.316. The van der Waals surface area contributed by atoms with Crippen molar-refractivity contribution in [3.63, 3.8) is 0 Å². The average Bonchev–Trinajstić information content (AvgIpc) is 3.36. The Balaban J connectivity index is 1.54. The number of aryl methyl sites for hydroxylation is 1. The summed E-state index contributed by atoms with van der Waals surface area (Å²) >= 11 is 0. The predicted octanol–water partition coefficient (Wildman–Crippen LogP) is 4.21. The van der Waals surface area contributed by atoms with E-state index in [1.54, 1.807) is 6.07 Å². The fourth-order valence-electron chi connectivity index (χ4n) is 3.34. The lowest BCUT2D eigenvalue weighted by molar-refractivity contribution is 0.101. The molecule has 0 bridgehead atoms. The van der Waals surface area contributed by atoms with Crippen LogP contribution in [-0.4, -0.2) is 20.8 Å². The highest BCUT2D eigenvalue weighted by Gasteiger charge is 2.22. The standard InChI is InChI=1S/C19H20N4O2/c1-13-11-18(23(21-13)15-9-5-6-10-15)20-19(24)16-12-17(25-22-16)14-7-3-2-4-8-14/h2-4,7-8,11-12,15H,5-6,9-10H2,1H3,(H,20,24). The molecule has 0 saturated heterocycles. The number of benzene rings is 1. The summed E-state index contributed by atoms with van der Waals surface area (Å²) in [5.41, 5.74) is 2.05. The normalized spacial score (nSPS) is 14.8. The van der Waals surface area contributed by atoms with E-state index in [0.29, 0.717) is 11.8 Å². The first-order valence-electron chi connectivity index (χ1n) is 8.60. The molecule has 1 aliphatic rings. The van der Waals surface area contributed by atoms with Crippen molar-refractivity contribution in [2.24, 2.45) is 0 Å². The molecule has 1 saturated carbocycles. The molecule has 6 heteroatoms. The quantitative estimate of drug-likeness (QED) is 0.774. The molecule has 2 aromatic heterocycles. The van der Waals surface area contributed by atoms with Crippen LogP contribution in [0.25, 0.3) is 11.3 Å². The zero-order valence-corrected chi connectivity index (χ0v) is 14.1. The van der Waals surface area contributed by atoms with Gasteiger partial charge in [-0.25, -0.2) is 4.68 Å². The Morgan fingerprint density at radius 1 is 1.20 bits per heavy atom. The maximum absolute atomic E-state index is 12.6. The topological polar surface area (TPSA) is 73.0 Å². The maximum atomic E-state index is 12.6. The summed E-state index contributed by atoms with van der Waals surface area (Å²) in [7, 11) is 0. The summed E-state index contributed by atoms with van der Waals surface area (Å²) in [6, 6.07) is 13.5. The van der Waals surface area contributed by atoms with Gasteiger partial charge >= 0.3 is 0 Å². The number of carbonyl (C=O) groups is 1. The molecule has 0 atom stereocenters. The molecule has 128 valence electrons. The molecule has 6 nitrogen and oxygen atoms in total. The Bertz CT molecular complexity index is 876. The molecule has 1 amide bonds. The Kier molecular flexibility index (Phi) is 4.09. The first kappa shape index (κ1) is 15.6. The molecule has 3 aromatic rings. The molecule has 2 heterocycles. The van der Waals surface area contributed by atoms with Crippen molar-refractivity contribution in [1.82, 2.24) is 14.9 Å². The van der Waals surface area contributed by atoms with Gasteiger partial charge in [0.15, 0.2) is 11.5 Å². The van der Waals surface area contributed by atoms with Gasteiger partial charge in [0.05, 0.1) is 11.7 Å². The minimum atomic E-state index is -0.287. The van der Waals surface area contributed by atoms with Crippen LogP contribution in [0.4, 0.5) is 5.82 Å². The van der Waals surface area contributed by atoms with E-state index < -0.39 is 0 Å². The molecule has 1 aliphatic carbocycles. The molecule has 25 heavy (non-hydrogen) atoms. The first-order valence-corrected chi connectivity index (χ1v) is 8.60. The smallest absolute Gasteiger partial charge is 0.279 e. The van der Waals surface area contributed by atoms with Crippen LogP contribution in [-0.2, 0) is 0 Å². The monoisotopic (exact) mass is 336 g/mol. The van der Waals surface area contributed by atoms with E-state index in [2.05, 4.69) is 15.6 Å². The van der Waals surface area contributed by atoms with Crippen LogP contribution >= 0.6 is 0 Å². The molecule has 4 rings (SSSR count). The van der Waals surface area contributed by atoms with E-state index in [1.165, 1.54) is 12.8 Å². The zero-order valence-electron chi connectivity index (χ0n) is 14.1. The summed E-state index contributed by atoms with van der Waals surface area (Å²) in [5.74, 6) is 1.01. The van der Waals surface area contributed by atoms with Crippen LogP contribution in [0, 0.1) is 6.92 Å². The lowest BCUT2D eigenvalue weighted by atomic mass is 10.1. The number of rotatable bonds is 4. The predicted molar refractivity (Wildman–Crippen MR) is 94.4 cm³/mol. The molecule has 0 spiro atoms. The van der Waals surface area contributed by atoms with Gasteiger partial charge in [0.25, 0.3) is 5.91 Å². The van der Waals surface area contributed by atoms with Gasteiger partial charge in [0.2, 0.25) is 0 Å². The van der Waals surface area contributed by atoms with Gasteiger partial charge in [0, 0.05) is 17.7 Å². The van der Waals surface area contributed by atoms with Gasteiger partial charge in [-0.05, 0) is 19.8 Å². The molecule has 1 aromatic carbocycles. The fourth-order valence-corrected chi connectivity index (χ4v) is 3.34. The molecule has 0 radical (unpaired) electrons. The summed E-state index contributed by atoms with van der Waals surface area (Å²) in [5, 5.41) is 11.4. The van der Waals surface area contributed by atoms with E-state index >= 15 is 0 Å². The van der Waals surface area contributed by atoms with E-state index in [1.807, 2.05) is 48.0 Å². The van der Waals surface area contributed by atoms with Crippen LogP contribution in [0.2, 0.25) is 0 Å². The highest BCUT2D eigenvalue weighted by Crippen LogP contribution is 2.32. The van der Waals surface area contributed by atoms with Crippen LogP contribution in [0.5, 0.6) is 0 Å². The average molecular weight is 336 g/mol. The van der Waals surface area contributed by atoms with Crippen molar-refractivity contribution >= 4 is 11.7 Å². The third-order valence-electron chi connectivity index (χ3n) is 4.57. The van der Waals surface area contributed by atoms with Crippen molar-refractivity contribution in [2.75, 3.05) is 5.32 Å². The number of nitrogens with zero attached hydrogens (tertiary/aromatic N) is 3. The van der Waals surface area contributed by atoms with E-state index in [0.717, 1.165) is 29.9 Å². The van der Waals surface area contributed by atoms with Crippen LogP contribution < -0.4 is 5.32 Å². The molecule has 1 fully saturated rings. The minimum Gasteiger partial charge on any atom is -0.355 e. The highest BCUT2D eigenvalue weighted by atomic mass is 16.5. The van der Waals surface area contributed by atoms with Gasteiger partial charge in [-0.15, -0.1) is 0 Å². The van der Waals surface area contributed by atoms with Crippen LogP contribution in [0.1, 0.15) is 47.9 Å². The van der Waals surface area contributed by atoms with Gasteiger partial charge < -0.3 is 9.84 Å². The van der Waals surface area contributed by atoms with Crippen molar-refractivity contribution < 1.29 is 9.32 Å². The Labute approximate surface area is 145 Å². The number of hydrogen-bond donors (Lipinski definition) is 1. The molecular formula is C19H20N4O2. The van der Waals surface area contributed by atoms with Crippen molar-refractivity contribution in [1.29, 1.82) is 0 Å². The largest absolute Gasteiger partial charge is 0.355 e. The zero-order chi connectivity index (χ0) is 17.2. The second-order valence-electron chi connectivity index (χ2n) is 6.45. The van der Waals surface area contributed by atoms with E-state index in [9.17, 15) is 4.79 Å². The highest BCUT2D eigenvalue weighted by molar-refractivity contribution is 6.02. The van der Waals surface area contributed by atoms with Gasteiger partial charge in [0.1, 0.15) is 5.82 Å². The SMILES string of the molecule is Cc1cc(NC(=O)c2cc(-c3ccccc3)on2)n(C2CCCC2)n1. The third-order valence-corrected chi connectivity index (χ3v) is 4.57. The third kappa shape index (κ3) is 3.20. The number of amides is 1. The van der Waals surface area contributed by atoms with Gasteiger partial charge in [-0.3, -0.25) is 4.79 Å². The minimum absolute atomic E-state index is 0.260. The van der Waals surface area contributed by atoms with E-state index in [4.69, 9.17) is 4.52 Å². The molecule has 0 aliphatic heterocycles. The first-order chi connectivity index (χ1) is 12.2. The van der Waals surface area contributed by atoms with Gasteiger partial charge in [-0.1, -0.05) is 48.3 Å². The second-order valence-corrected chi connectivity index (χ2v) is 6.45. The van der Waals surface area contributed by atoms with E-state index in [-0.39, 0.29) is 11.6 Å². The Hall–Kier alpha value is -2.89. The van der Waals surface area contributed by atoms with Crippen molar-refractivity contribution in [3.8, 4) is 11.3 Å². The molecule has 0 unspecified atom stereocenters. The lowest BCUT2D eigenvalue weighted by Gasteiger charge is -2.14. The number of anilines is 1. The lowest BCUT2D eigenvalue weighted by Crippen LogP contribution is -2.17. The van der Waals surface area contributed by atoms with Gasteiger partial charge in [-0.2, -0.15) is 5.10 Å². The molecule has 1 N–H and O–H groups in total. The Morgan fingerprint density at radius 3 is 2.72 bits per heavy atom. The summed E-state index contributed by atoms with van der Waals surface area (Å²) in [6.07, 6.45) is 4.62. The number of nitrogens with one attached hydrogen (secondary N) is 1. The second kappa shape index (κ2) is 6.55. The van der Waals surface area contributed by atoms with Crippen molar-refractivity contribution in [2.45, 2.75) is 38.6 Å². The Morgan fingerprint density at radius 2 is 1.96 bits per heavy atom. The summed E-state index contributed by atoms with van der Waals surface area (Å²) in [6.45, 7) is 1.94.